The van der Waals surface area contributed by atoms with Gasteiger partial charge in [-0.05, 0) is 50.5 Å². The van der Waals surface area contributed by atoms with Crippen molar-refractivity contribution in [3.8, 4) is 0 Å². The Bertz CT molecular complexity index is 732. The number of H-pyrrole nitrogens is 1. The summed E-state index contributed by atoms with van der Waals surface area (Å²) in [6.45, 7) is 7.61. The lowest BCUT2D eigenvalue weighted by molar-refractivity contribution is 0.0525. The number of aromatic amines is 1. The van der Waals surface area contributed by atoms with Crippen LogP contribution in [0.15, 0.2) is 24.3 Å². The largest absolute Gasteiger partial charge is 0.462 e. The number of nitrogens with one attached hydrogen (secondary N) is 2. The molecule has 0 aliphatic rings. The van der Waals surface area contributed by atoms with Gasteiger partial charge in [0.15, 0.2) is 0 Å². The quantitative estimate of drug-likeness (QED) is 0.828. The summed E-state index contributed by atoms with van der Waals surface area (Å²) < 4.78 is 5.04. The van der Waals surface area contributed by atoms with E-state index in [0.29, 0.717) is 29.1 Å². The number of ether oxygens (including phenoxy) is 1. The molecule has 0 bridgehead atoms. The van der Waals surface area contributed by atoms with Gasteiger partial charge in [0.25, 0.3) is 5.91 Å². The normalized spacial score (nSPS) is 10.4. The first-order valence-electron chi connectivity index (χ1n) is 7.74. The summed E-state index contributed by atoms with van der Waals surface area (Å²) >= 11 is 0. The number of rotatable bonds is 5. The zero-order chi connectivity index (χ0) is 17.0. The highest BCUT2D eigenvalue weighted by atomic mass is 16.5. The van der Waals surface area contributed by atoms with Crippen LogP contribution in [0, 0.1) is 13.8 Å². The van der Waals surface area contributed by atoms with E-state index in [9.17, 15) is 9.59 Å². The molecule has 0 spiro atoms. The fourth-order valence-electron chi connectivity index (χ4n) is 2.55. The van der Waals surface area contributed by atoms with Crippen LogP contribution in [0.3, 0.4) is 0 Å². The van der Waals surface area contributed by atoms with Gasteiger partial charge in [-0.1, -0.05) is 19.1 Å². The van der Waals surface area contributed by atoms with Gasteiger partial charge in [0.2, 0.25) is 0 Å². The average Bonchev–Trinajstić information content (AvgIpc) is 2.82. The molecule has 0 aliphatic heterocycles. The zero-order valence-electron chi connectivity index (χ0n) is 13.9. The van der Waals surface area contributed by atoms with E-state index in [1.165, 1.54) is 0 Å². The van der Waals surface area contributed by atoms with E-state index in [1.807, 2.05) is 24.3 Å². The van der Waals surface area contributed by atoms with Crippen molar-refractivity contribution in [3.63, 3.8) is 0 Å². The van der Waals surface area contributed by atoms with E-state index >= 15 is 0 Å². The monoisotopic (exact) mass is 314 g/mol. The Morgan fingerprint density at radius 3 is 2.61 bits per heavy atom. The maximum atomic E-state index is 12.5. The molecule has 5 nitrogen and oxygen atoms in total. The molecule has 5 heteroatoms. The number of hydrogen-bond donors (Lipinski definition) is 2. The van der Waals surface area contributed by atoms with Crippen LogP contribution >= 0.6 is 0 Å². The first kappa shape index (κ1) is 16.8. The molecular weight excluding hydrogens is 292 g/mol. The summed E-state index contributed by atoms with van der Waals surface area (Å²) in [7, 11) is 0. The van der Waals surface area contributed by atoms with Gasteiger partial charge >= 0.3 is 5.97 Å². The second-order valence-electron chi connectivity index (χ2n) is 5.35. The number of aryl methyl sites for hydroxylation is 2. The Labute approximate surface area is 136 Å². The number of anilines is 1. The Morgan fingerprint density at radius 1 is 1.22 bits per heavy atom. The standard InChI is InChI=1S/C18H22N2O3/c1-5-13-8-7-9-14(10-13)20-17(21)16-11(3)15(12(4)19-16)18(22)23-6-2/h7-10,19H,5-6H2,1-4H3,(H,20,21). The highest BCUT2D eigenvalue weighted by Gasteiger charge is 2.22. The lowest BCUT2D eigenvalue weighted by Crippen LogP contribution is -2.14. The average molecular weight is 314 g/mol. The maximum absolute atomic E-state index is 12.5. The van der Waals surface area contributed by atoms with E-state index in [4.69, 9.17) is 4.74 Å². The summed E-state index contributed by atoms with van der Waals surface area (Å²) in [5, 5.41) is 2.86. The minimum Gasteiger partial charge on any atom is -0.462 e. The molecular formula is C18H22N2O3. The van der Waals surface area contributed by atoms with Crippen molar-refractivity contribution in [2.45, 2.75) is 34.1 Å². The van der Waals surface area contributed by atoms with Crippen molar-refractivity contribution in [2.75, 3.05) is 11.9 Å². The highest BCUT2D eigenvalue weighted by molar-refractivity contribution is 6.06. The molecule has 1 aromatic heterocycles. The second kappa shape index (κ2) is 7.13. The molecule has 0 aliphatic carbocycles. The number of benzene rings is 1. The van der Waals surface area contributed by atoms with E-state index in [0.717, 1.165) is 17.7 Å². The molecule has 1 aromatic carbocycles. The van der Waals surface area contributed by atoms with Crippen LogP contribution in [-0.2, 0) is 11.2 Å². The number of esters is 1. The Kier molecular flexibility index (Phi) is 5.21. The number of carbonyl (C=O) groups excluding carboxylic acids is 2. The van der Waals surface area contributed by atoms with Crippen LogP contribution in [0.1, 0.15) is 51.5 Å². The minimum absolute atomic E-state index is 0.269. The molecule has 1 amide bonds. The predicted molar refractivity (Wildman–Crippen MR) is 90.0 cm³/mol. The molecule has 0 saturated carbocycles. The molecule has 0 fully saturated rings. The van der Waals surface area contributed by atoms with Crippen LogP contribution in [0.5, 0.6) is 0 Å². The smallest absolute Gasteiger partial charge is 0.340 e. The van der Waals surface area contributed by atoms with Crippen molar-refractivity contribution in [2.24, 2.45) is 0 Å². The Morgan fingerprint density at radius 2 is 1.96 bits per heavy atom. The van der Waals surface area contributed by atoms with Crippen molar-refractivity contribution >= 4 is 17.6 Å². The summed E-state index contributed by atoms with van der Waals surface area (Å²) in [5.74, 6) is -0.680. The molecule has 0 saturated heterocycles. The van der Waals surface area contributed by atoms with Gasteiger partial charge < -0.3 is 15.0 Å². The molecule has 122 valence electrons. The lowest BCUT2D eigenvalue weighted by Gasteiger charge is -2.07. The first-order chi connectivity index (χ1) is 11.0. The number of carbonyl (C=O) groups is 2. The minimum atomic E-state index is -0.411. The second-order valence-corrected chi connectivity index (χ2v) is 5.35. The summed E-state index contributed by atoms with van der Waals surface area (Å²) in [6, 6.07) is 7.70. The first-order valence-corrected chi connectivity index (χ1v) is 7.74. The summed E-state index contributed by atoms with van der Waals surface area (Å²) in [5.41, 5.74) is 3.93. The topological polar surface area (TPSA) is 71.2 Å². The zero-order valence-corrected chi connectivity index (χ0v) is 13.9. The fourth-order valence-corrected chi connectivity index (χ4v) is 2.55. The van der Waals surface area contributed by atoms with Crippen LogP contribution < -0.4 is 5.32 Å². The Hall–Kier alpha value is -2.56. The fraction of sp³-hybridized carbons (Fsp3) is 0.333. The molecule has 2 N–H and O–H groups in total. The van der Waals surface area contributed by atoms with Gasteiger partial charge in [0.1, 0.15) is 5.69 Å². The van der Waals surface area contributed by atoms with E-state index in [1.54, 1.807) is 20.8 Å². The number of hydrogen-bond acceptors (Lipinski definition) is 3. The van der Waals surface area contributed by atoms with Gasteiger partial charge in [-0.3, -0.25) is 4.79 Å². The summed E-state index contributed by atoms with van der Waals surface area (Å²) in [4.78, 5) is 27.5. The van der Waals surface area contributed by atoms with Crippen LogP contribution in [-0.4, -0.2) is 23.5 Å². The summed E-state index contributed by atoms with van der Waals surface area (Å²) in [6.07, 6.45) is 0.900. The van der Waals surface area contributed by atoms with Gasteiger partial charge in [0.05, 0.1) is 12.2 Å². The molecule has 2 aromatic rings. The molecule has 0 radical (unpaired) electrons. The molecule has 23 heavy (non-hydrogen) atoms. The molecule has 2 rings (SSSR count). The van der Waals surface area contributed by atoms with Crippen molar-refractivity contribution in [1.82, 2.24) is 4.98 Å². The lowest BCUT2D eigenvalue weighted by atomic mass is 10.1. The highest BCUT2D eigenvalue weighted by Crippen LogP contribution is 2.20. The maximum Gasteiger partial charge on any atom is 0.340 e. The van der Waals surface area contributed by atoms with Crippen LogP contribution in [0.2, 0.25) is 0 Å². The van der Waals surface area contributed by atoms with E-state index in [-0.39, 0.29) is 5.91 Å². The molecule has 0 atom stereocenters. The van der Waals surface area contributed by atoms with Gasteiger partial charge in [0, 0.05) is 11.4 Å². The van der Waals surface area contributed by atoms with E-state index in [2.05, 4.69) is 17.2 Å². The van der Waals surface area contributed by atoms with Gasteiger partial charge in [-0.15, -0.1) is 0 Å². The third kappa shape index (κ3) is 3.62. The SMILES string of the molecule is CCOC(=O)c1c(C)[nH]c(C(=O)Nc2cccc(CC)c2)c1C. The van der Waals surface area contributed by atoms with Crippen molar-refractivity contribution < 1.29 is 14.3 Å². The molecule has 0 unspecified atom stereocenters. The van der Waals surface area contributed by atoms with E-state index < -0.39 is 5.97 Å². The third-order valence-corrected chi connectivity index (χ3v) is 3.74. The number of aromatic nitrogens is 1. The van der Waals surface area contributed by atoms with Gasteiger partial charge in [-0.2, -0.15) is 0 Å². The Balaban J connectivity index is 2.26. The number of amides is 1. The van der Waals surface area contributed by atoms with Crippen molar-refractivity contribution in [3.05, 3.63) is 52.3 Å². The molecule has 1 heterocycles. The van der Waals surface area contributed by atoms with Crippen LogP contribution in [0.25, 0.3) is 0 Å². The van der Waals surface area contributed by atoms with Gasteiger partial charge in [-0.25, -0.2) is 4.79 Å². The third-order valence-electron chi connectivity index (χ3n) is 3.74. The van der Waals surface area contributed by atoms with Crippen molar-refractivity contribution in [1.29, 1.82) is 0 Å². The van der Waals surface area contributed by atoms with Crippen LogP contribution in [0.4, 0.5) is 5.69 Å². The predicted octanol–water partition coefficient (Wildman–Crippen LogP) is 3.62.